The third-order valence-electron chi connectivity index (χ3n) is 4.41. The van der Waals surface area contributed by atoms with Crippen molar-refractivity contribution < 1.29 is 14.5 Å². The van der Waals surface area contributed by atoms with Crippen molar-refractivity contribution in [1.82, 2.24) is 0 Å². The molecular formula is C22H19ClN4O4. The van der Waals surface area contributed by atoms with Crippen LogP contribution in [0.1, 0.15) is 22.8 Å². The van der Waals surface area contributed by atoms with E-state index >= 15 is 0 Å². The molecule has 0 aliphatic rings. The van der Waals surface area contributed by atoms with Crippen molar-refractivity contribution in [3.05, 3.63) is 93.0 Å². The van der Waals surface area contributed by atoms with Gasteiger partial charge in [-0.2, -0.15) is 5.10 Å². The number of ether oxygens (including phenoxy) is 1. The van der Waals surface area contributed by atoms with Crippen LogP contribution < -0.4 is 15.5 Å². The van der Waals surface area contributed by atoms with E-state index in [2.05, 4.69) is 15.8 Å². The summed E-state index contributed by atoms with van der Waals surface area (Å²) in [6.07, 6.45) is 0. The Morgan fingerprint density at radius 1 is 1.03 bits per heavy atom. The summed E-state index contributed by atoms with van der Waals surface area (Å²) in [6, 6.07) is 17.9. The molecule has 0 fully saturated rings. The second-order valence-corrected chi connectivity index (χ2v) is 6.92. The zero-order chi connectivity index (χ0) is 22.4. The number of nitrogens with zero attached hydrogens (tertiary/aromatic N) is 2. The molecule has 0 aliphatic heterocycles. The van der Waals surface area contributed by atoms with Crippen molar-refractivity contribution >= 4 is 40.3 Å². The van der Waals surface area contributed by atoms with Crippen molar-refractivity contribution in [1.29, 1.82) is 0 Å². The summed E-state index contributed by atoms with van der Waals surface area (Å²) < 4.78 is 5.08. The highest BCUT2D eigenvalue weighted by Crippen LogP contribution is 2.26. The topological polar surface area (TPSA) is 106 Å². The van der Waals surface area contributed by atoms with Crippen LogP contribution in [-0.4, -0.2) is 23.7 Å². The smallest absolute Gasteiger partial charge is 0.294 e. The highest BCUT2D eigenvalue weighted by Gasteiger charge is 2.18. The van der Waals surface area contributed by atoms with Gasteiger partial charge in [-0.25, -0.2) is 0 Å². The molecule has 1 amide bonds. The van der Waals surface area contributed by atoms with Crippen LogP contribution in [0.25, 0.3) is 0 Å². The molecule has 0 unspecified atom stereocenters. The number of amides is 1. The third kappa shape index (κ3) is 5.58. The Hall–Kier alpha value is -3.91. The van der Waals surface area contributed by atoms with Gasteiger partial charge in [0, 0.05) is 22.3 Å². The summed E-state index contributed by atoms with van der Waals surface area (Å²) in [5.74, 6) is 0.180. The first-order valence-corrected chi connectivity index (χ1v) is 9.55. The minimum absolute atomic E-state index is 0.145. The average Bonchev–Trinajstić information content (AvgIpc) is 2.78. The van der Waals surface area contributed by atoms with Gasteiger partial charge < -0.3 is 10.1 Å². The number of halogens is 1. The summed E-state index contributed by atoms with van der Waals surface area (Å²) in [4.78, 5) is 23.5. The number of hydrogen-bond donors (Lipinski definition) is 2. The van der Waals surface area contributed by atoms with Crippen LogP contribution in [0.4, 0.5) is 17.1 Å². The number of anilines is 2. The molecule has 0 heterocycles. The maximum absolute atomic E-state index is 12.5. The Balaban J connectivity index is 1.78. The zero-order valence-electron chi connectivity index (χ0n) is 16.8. The van der Waals surface area contributed by atoms with E-state index in [-0.39, 0.29) is 16.9 Å². The van der Waals surface area contributed by atoms with E-state index in [1.165, 1.54) is 18.2 Å². The highest BCUT2D eigenvalue weighted by atomic mass is 35.5. The van der Waals surface area contributed by atoms with Gasteiger partial charge in [-0.1, -0.05) is 23.7 Å². The van der Waals surface area contributed by atoms with Crippen molar-refractivity contribution in [2.75, 3.05) is 17.9 Å². The van der Waals surface area contributed by atoms with Gasteiger partial charge >= 0.3 is 0 Å². The molecule has 3 rings (SSSR count). The van der Waals surface area contributed by atoms with Crippen LogP contribution in [0.5, 0.6) is 5.75 Å². The number of methoxy groups -OCH3 is 1. The molecule has 0 aliphatic carbocycles. The van der Waals surface area contributed by atoms with E-state index in [1.54, 1.807) is 62.6 Å². The van der Waals surface area contributed by atoms with Gasteiger partial charge in [0.1, 0.15) is 11.4 Å². The fourth-order valence-corrected chi connectivity index (χ4v) is 2.82. The summed E-state index contributed by atoms with van der Waals surface area (Å²) in [7, 11) is 1.54. The number of nitro groups is 1. The van der Waals surface area contributed by atoms with Crippen LogP contribution in [0, 0.1) is 10.1 Å². The highest BCUT2D eigenvalue weighted by molar-refractivity contribution is 6.30. The maximum atomic E-state index is 12.5. The molecule has 0 aromatic heterocycles. The number of nitrogens with one attached hydrogen (secondary N) is 2. The summed E-state index contributed by atoms with van der Waals surface area (Å²) in [6.45, 7) is 1.76. The van der Waals surface area contributed by atoms with Crippen molar-refractivity contribution in [2.24, 2.45) is 5.10 Å². The van der Waals surface area contributed by atoms with E-state index in [9.17, 15) is 14.9 Å². The number of hydrazone groups is 1. The molecule has 3 aromatic rings. The van der Waals surface area contributed by atoms with Crippen molar-refractivity contribution in [2.45, 2.75) is 6.92 Å². The molecule has 0 atom stereocenters. The number of hydrogen-bond acceptors (Lipinski definition) is 6. The van der Waals surface area contributed by atoms with Gasteiger partial charge in [0.2, 0.25) is 0 Å². The van der Waals surface area contributed by atoms with E-state index in [0.717, 1.165) is 5.56 Å². The third-order valence-corrected chi connectivity index (χ3v) is 4.66. The Morgan fingerprint density at radius 3 is 2.29 bits per heavy atom. The molecule has 3 aromatic carbocycles. The molecule has 0 bridgehead atoms. The molecule has 8 nitrogen and oxygen atoms in total. The predicted octanol–water partition coefficient (Wildman–Crippen LogP) is 5.35. The molecule has 0 saturated carbocycles. The normalized spacial score (nSPS) is 11.0. The van der Waals surface area contributed by atoms with Gasteiger partial charge in [-0.15, -0.1) is 0 Å². The lowest BCUT2D eigenvalue weighted by Gasteiger charge is -2.08. The average molecular weight is 439 g/mol. The molecule has 2 N–H and O–H groups in total. The van der Waals surface area contributed by atoms with E-state index in [4.69, 9.17) is 16.3 Å². The van der Waals surface area contributed by atoms with Crippen LogP contribution in [-0.2, 0) is 0 Å². The second-order valence-electron chi connectivity index (χ2n) is 6.49. The second kappa shape index (κ2) is 9.73. The van der Waals surface area contributed by atoms with Crippen LogP contribution in [0.2, 0.25) is 5.02 Å². The van der Waals surface area contributed by atoms with E-state index < -0.39 is 10.8 Å². The first-order valence-electron chi connectivity index (χ1n) is 9.17. The summed E-state index contributed by atoms with van der Waals surface area (Å²) in [5.41, 5.74) is 4.72. The lowest BCUT2D eigenvalue weighted by atomic mass is 10.1. The standard InChI is InChI=1S/C22H19ClN4O4/c1-14(15-3-6-17(23)7-4-15)25-26-20-12-5-16(13-21(20)27(29)30)22(28)24-18-8-10-19(31-2)11-9-18/h3-13,26H,1-2H3,(H,24,28). The monoisotopic (exact) mass is 438 g/mol. The fourth-order valence-electron chi connectivity index (χ4n) is 2.70. The lowest BCUT2D eigenvalue weighted by molar-refractivity contribution is -0.384. The maximum Gasteiger partial charge on any atom is 0.294 e. The Bertz CT molecular complexity index is 1130. The van der Waals surface area contributed by atoms with Gasteiger partial charge in [-0.3, -0.25) is 20.3 Å². The first kappa shape index (κ1) is 21.8. The molecule has 0 radical (unpaired) electrons. The van der Waals surface area contributed by atoms with Gasteiger partial charge in [0.15, 0.2) is 0 Å². The van der Waals surface area contributed by atoms with Crippen LogP contribution >= 0.6 is 11.6 Å². The predicted molar refractivity (Wildman–Crippen MR) is 121 cm³/mol. The number of rotatable bonds is 7. The molecule has 0 spiro atoms. The molecule has 31 heavy (non-hydrogen) atoms. The largest absolute Gasteiger partial charge is 0.497 e. The van der Waals surface area contributed by atoms with Crippen LogP contribution in [0.3, 0.4) is 0 Å². The van der Waals surface area contributed by atoms with Gasteiger partial charge in [0.25, 0.3) is 11.6 Å². The fraction of sp³-hybridized carbons (Fsp3) is 0.0909. The summed E-state index contributed by atoms with van der Waals surface area (Å²) in [5, 5.41) is 19.0. The zero-order valence-corrected chi connectivity index (χ0v) is 17.5. The van der Waals surface area contributed by atoms with Gasteiger partial charge in [-0.05, 0) is 61.0 Å². The minimum Gasteiger partial charge on any atom is -0.497 e. The number of nitro benzene ring substituents is 1. The van der Waals surface area contributed by atoms with Crippen molar-refractivity contribution in [3.8, 4) is 5.75 Å². The van der Waals surface area contributed by atoms with Crippen LogP contribution in [0.15, 0.2) is 71.8 Å². The molecular weight excluding hydrogens is 420 g/mol. The number of carbonyl (C=O) groups is 1. The quantitative estimate of drug-likeness (QED) is 0.294. The SMILES string of the molecule is COc1ccc(NC(=O)c2ccc(NN=C(C)c3ccc(Cl)cc3)c([N+](=O)[O-])c2)cc1. The minimum atomic E-state index is -0.570. The molecule has 0 saturated heterocycles. The van der Waals surface area contributed by atoms with E-state index in [0.29, 0.717) is 22.2 Å². The first-order chi connectivity index (χ1) is 14.9. The number of carbonyl (C=O) groups excluding carboxylic acids is 1. The Labute approximate surface area is 183 Å². The van der Waals surface area contributed by atoms with Crippen molar-refractivity contribution in [3.63, 3.8) is 0 Å². The molecule has 158 valence electrons. The van der Waals surface area contributed by atoms with E-state index in [1.807, 2.05) is 0 Å². The van der Waals surface area contributed by atoms with Gasteiger partial charge in [0.05, 0.1) is 17.7 Å². The lowest BCUT2D eigenvalue weighted by Crippen LogP contribution is -2.12. The Kier molecular flexibility index (Phi) is 6.84. The molecule has 9 heteroatoms. The Morgan fingerprint density at radius 2 is 1.68 bits per heavy atom. The summed E-state index contributed by atoms with van der Waals surface area (Å²) >= 11 is 5.88. The number of benzene rings is 3.